The van der Waals surface area contributed by atoms with Gasteiger partial charge in [0, 0.05) is 19.2 Å². The number of hydrogen-bond acceptors (Lipinski definition) is 3. The molecule has 0 saturated carbocycles. The predicted octanol–water partition coefficient (Wildman–Crippen LogP) is 4.86. The second kappa shape index (κ2) is 7.65. The predicted molar refractivity (Wildman–Crippen MR) is 110 cm³/mol. The molecule has 1 atom stereocenters. The first-order valence-corrected chi connectivity index (χ1v) is 9.39. The van der Waals surface area contributed by atoms with Gasteiger partial charge in [0.1, 0.15) is 5.71 Å². The molecular weight excluding hydrogens is 338 g/mol. The van der Waals surface area contributed by atoms with Crippen molar-refractivity contribution in [3.63, 3.8) is 0 Å². The molecule has 0 aromatic carbocycles. The summed E-state index contributed by atoms with van der Waals surface area (Å²) in [5.41, 5.74) is 7.83. The lowest BCUT2D eigenvalue weighted by Gasteiger charge is -2.22. The van der Waals surface area contributed by atoms with Crippen molar-refractivity contribution in [2.45, 2.75) is 46.1 Å². The van der Waals surface area contributed by atoms with E-state index in [-0.39, 0.29) is 11.8 Å². The number of aliphatic carboxylic acids is 1. The van der Waals surface area contributed by atoms with Crippen LogP contribution in [0.5, 0.6) is 0 Å². The van der Waals surface area contributed by atoms with Crippen LogP contribution in [0.4, 0.5) is 0 Å². The van der Waals surface area contributed by atoms with Crippen molar-refractivity contribution in [3.8, 4) is 11.1 Å². The standard InChI is InChI=1S/C23H27NO3/c1-13(2)16-7-6-14(3)21-17(10-15(4)18(21)11-16)12-19-20(27-5)8-9-24-22(19)23(25)26/h6-7,10-13,20H,8-9H2,1-5H3,(H,25,26)/b19-12+/t20-/m1/s1. The lowest BCUT2D eigenvalue weighted by molar-refractivity contribution is -0.129. The molecule has 0 fully saturated rings. The molecule has 1 heterocycles. The van der Waals surface area contributed by atoms with Crippen molar-refractivity contribution in [1.82, 2.24) is 0 Å². The van der Waals surface area contributed by atoms with Gasteiger partial charge in [0.05, 0.1) is 6.10 Å². The van der Waals surface area contributed by atoms with Gasteiger partial charge in [0.25, 0.3) is 0 Å². The van der Waals surface area contributed by atoms with Gasteiger partial charge in [0.15, 0.2) is 0 Å². The number of rotatable bonds is 4. The quantitative estimate of drug-likeness (QED) is 0.842. The highest BCUT2D eigenvalue weighted by atomic mass is 16.5. The van der Waals surface area contributed by atoms with Gasteiger partial charge in [-0.05, 0) is 65.6 Å². The number of hydrogen-bond donors (Lipinski definition) is 1. The number of nitrogens with zero attached hydrogens (tertiary/aromatic N) is 1. The van der Waals surface area contributed by atoms with E-state index >= 15 is 0 Å². The van der Waals surface area contributed by atoms with E-state index in [2.05, 4.69) is 57.0 Å². The molecule has 0 unspecified atom stereocenters. The third-order valence-corrected chi connectivity index (χ3v) is 5.33. The summed E-state index contributed by atoms with van der Waals surface area (Å²) in [5, 5.41) is 9.58. The highest BCUT2D eigenvalue weighted by Crippen LogP contribution is 2.38. The summed E-state index contributed by atoms with van der Waals surface area (Å²) in [5.74, 6) is -0.557. The van der Waals surface area contributed by atoms with E-state index in [1.165, 1.54) is 22.3 Å². The van der Waals surface area contributed by atoms with E-state index in [0.717, 1.165) is 11.1 Å². The Bertz CT molecular complexity index is 908. The fourth-order valence-electron chi connectivity index (χ4n) is 3.81. The third kappa shape index (κ3) is 3.67. The minimum atomic E-state index is -1.00. The Balaban J connectivity index is 2.21. The minimum absolute atomic E-state index is 0.112. The molecule has 0 aromatic heterocycles. The fraction of sp³-hybridized carbons (Fsp3) is 0.391. The molecule has 4 heteroatoms. The number of carbonyl (C=O) groups is 1. The Labute approximate surface area is 160 Å². The molecule has 0 spiro atoms. The zero-order valence-corrected chi connectivity index (χ0v) is 16.7. The van der Waals surface area contributed by atoms with Gasteiger partial charge in [-0.2, -0.15) is 0 Å². The van der Waals surface area contributed by atoms with Gasteiger partial charge in [-0.15, -0.1) is 0 Å². The number of carboxylic acid groups (broad SMARTS) is 1. The normalized spacial score (nSPS) is 19.0. The van der Waals surface area contributed by atoms with E-state index in [0.29, 0.717) is 24.5 Å². The van der Waals surface area contributed by atoms with Gasteiger partial charge < -0.3 is 9.84 Å². The maximum Gasteiger partial charge on any atom is 0.354 e. The molecule has 27 heavy (non-hydrogen) atoms. The minimum Gasteiger partial charge on any atom is -0.477 e. The molecule has 4 nitrogen and oxygen atoms in total. The van der Waals surface area contributed by atoms with Crippen molar-refractivity contribution in [2.24, 2.45) is 4.99 Å². The first kappa shape index (κ1) is 19.3. The first-order valence-electron chi connectivity index (χ1n) is 9.39. The maximum absolute atomic E-state index is 11.7. The molecule has 2 aliphatic carbocycles. The second-order valence-electron chi connectivity index (χ2n) is 7.53. The van der Waals surface area contributed by atoms with Gasteiger partial charge in [0.2, 0.25) is 0 Å². The molecule has 3 rings (SSSR count). The van der Waals surface area contributed by atoms with Crippen LogP contribution < -0.4 is 0 Å². The van der Waals surface area contributed by atoms with Crippen molar-refractivity contribution in [3.05, 3.63) is 52.1 Å². The SMILES string of the molecule is CO[C@@H]1CCN=C(C(=O)O)/C1=C/c1cc(C)c2cc(C(C)C)ccc(C)c1-2. The van der Waals surface area contributed by atoms with Crippen molar-refractivity contribution in [2.75, 3.05) is 13.7 Å². The van der Waals surface area contributed by atoms with E-state index in [9.17, 15) is 9.90 Å². The van der Waals surface area contributed by atoms with Crippen LogP contribution >= 0.6 is 0 Å². The maximum atomic E-state index is 11.7. The molecule has 0 bridgehead atoms. The van der Waals surface area contributed by atoms with Crippen LogP contribution in [0.2, 0.25) is 0 Å². The number of aryl methyl sites for hydroxylation is 2. The molecule has 3 aliphatic rings. The average molecular weight is 365 g/mol. The van der Waals surface area contributed by atoms with Gasteiger partial charge in [-0.25, -0.2) is 4.79 Å². The Kier molecular flexibility index (Phi) is 5.47. The van der Waals surface area contributed by atoms with Crippen LogP contribution in [-0.4, -0.2) is 36.5 Å². The summed E-state index contributed by atoms with van der Waals surface area (Å²) in [6, 6.07) is 8.72. The van der Waals surface area contributed by atoms with E-state index < -0.39 is 5.97 Å². The highest BCUT2D eigenvalue weighted by molar-refractivity contribution is 6.44. The Morgan fingerprint density at radius 2 is 2.00 bits per heavy atom. The zero-order chi connectivity index (χ0) is 19.7. The highest BCUT2D eigenvalue weighted by Gasteiger charge is 2.28. The van der Waals surface area contributed by atoms with Crippen molar-refractivity contribution >= 4 is 17.8 Å². The van der Waals surface area contributed by atoms with Crippen LogP contribution in [0.25, 0.3) is 17.2 Å². The van der Waals surface area contributed by atoms with Gasteiger partial charge in [-0.1, -0.05) is 38.1 Å². The summed E-state index contributed by atoms with van der Waals surface area (Å²) in [7, 11) is 1.62. The zero-order valence-electron chi connectivity index (χ0n) is 16.7. The van der Waals surface area contributed by atoms with Crippen LogP contribution in [0.15, 0.2) is 34.8 Å². The summed E-state index contributed by atoms with van der Waals surface area (Å²) in [6.45, 7) is 9.07. The van der Waals surface area contributed by atoms with Gasteiger partial charge >= 0.3 is 5.97 Å². The number of fused-ring (bicyclic) bond motifs is 1. The summed E-state index contributed by atoms with van der Waals surface area (Å²) >= 11 is 0. The topological polar surface area (TPSA) is 58.9 Å². The summed E-state index contributed by atoms with van der Waals surface area (Å²) < 4.78 is 5.56. The van der Waals surface area contributed by atoms with E-state index in [4.69, 9.17) is 4.74 Å². The largest absolute Gasteiger partial charge is 0.477 e. The first-order chi connectivity index (χ1) is 12.8. The lowest BCUT2D eigenvalue weighted by Crippen LogP contribution is -2.30. The van der Waals surface area contributed by atoms with Crippen LogP contribution in [0.3, 0.4) is 0 Å². The summed E-state index contributed by atoms with van der Waals surface area (Å²) in [6.07, 6.45) is 2.40. The van der Waals surface area contributed by atoms with E-state index in [1.807, 2.05) is 6.08 Å². The molecule has 0 amide bonds. The molecule has 0 aromatic rings. The smallest absolute Gasteiger partial charge is 0.354 e. The number of methoxy groups -OCH3 is 1. The second-order valence-corrected chi connectivity index (χ2v) is 7.53. The molecule has 0 radical (unpaired) electrons. The molecule has 142 valence electrons. The molecule has 1 aliphatic heterocycles. The van der Waals surface area contributed by atoms with Crippen LogP contribution in [0.1, 0.15) is 48.4 Å². The van der Waals surface area contributed by atoms with E-state index in [1.54, 1.807) is 7.11 Å². The number of ether oxygens (including phenoxy) is 1. The molecule has 1 N–H and O–H groups in total. The van der Waals surface area contributed by atoms with Crippen molar-refractivity contribution in [1.29, 1.82) is 0 Å². The van der Waals surface area contributed by atoms with Crippen molar-refractivity contribution < 1.29 is 14.6 Å². The summed E-state index contributed by atoms with van der Waals surface area (Å²) in [4.78, 5) is 15.9. The molecular formula is C23H27NO3. The number of aliphatic imine (C=N–C) groups is 1. The third-order valence-electron chi connectivity index (χ3n) is 5.33. The monoisotopic (exact) mass is 365 g/mol. The Morgan fingerprint density at radius 3 is 2.63 bits per heavy atom. The Hall–Kier alpha value is -2.46. The lowest BCUT2D eigenvalue weighted by atomic mass is 9.94. The van der Waals surface area contributed by atoms with Crippen LogP contribution in [0, 0.1) is 13.8 Å². The van der Waals surface area contributed by atoms with Crippen LogP contribution in [-0.2, 0) is 9.53 Å². The molecule has 0 saturated heterocycles. The van der Waals surface area contributed by atoms with Gasteiger partial charge in [-0.3, -0.25) is 4.99 Å². The fourth-order valence-corrected chi connectivity index (χ4v) is 3.81. The average Bonchev–Trinajstić information content (AvgIpc) is 2.81. The Morgan fingerprint density at radius 1 is 1.26 bits per heavy atom. The number of carboxylic acids is 1.